The molecule has 338 valence electrons. The van der Waals surface area contributed by atoms with Crippen LogP contribution in [0.5, 0.6) is 0 Å². The molecule has 73 heavy (non-hydrogen) atoms. The third kappa shape index (κ3) is 6.63. The minimum Gasteiger partial charge on any atom is -0.308 e. The van der Waals surface area contributed by atoms with Crippen LogP contribution in [0.1, 0.15) is 0 Å². The zero-order chi connectivity index (χ0) is 48.0. The van der Waals surface area contributed by atoms with Gasteiger partial charge in [-0.2, -0.15) is 0 Å². The van der Waals surface area contributed by atoms with Crippen LogP contribution < -0.4 is 0 Å². The third-order valence-electron chi connectivity index (χ3n) is 15.4. The van der Waals surface area contributed by atoms with Crippen LogP contribution in [0.25, 0.3) is 149 Å². The highest BCUT2D eigenvalue weighted by atomic mass is 14.9. The number of rotatable bonds is 6. The van der Waals surface area contributed by atoms with Gasteiger partial charge in [-0.05, 0) is 172 Å². The van der Waals surface area contributed by atoms with Crippen LogP contribution in [0.2, 0.25) is 0 Å². The van der Waals surface area contributed by atoms with Gasteiger partial charge in [0.25, 0.3) is 0 Å². The summed E-state index contributed by atoms with van der Waals surface area (Å²) in [5.41, 5.74) is 28.1. The van der Waals surface area contributed by atoms with Gasteiger partial charge in [0.15, 0.2) is 0 Å². The van der Waals surface area contributed by atoms with Crippen LogP contribution in [0.3, 0.4) is 0 Å². The van der Waals surface area contributed by atoms with E-state index in [-0.39, 0.29) is 0 Å². The van der Waals surface area contributed by atoms with Gasteiger partial charge in [-0.25, -0.2) is 0 Å². The van der Waals surface area contributed by atoms with Crippen molar-refractivity contribution in [3.63, 3.8) is 0 Å². The molecule has 0 saturated heterocycles. The van der Waals surface area contributed by atoms with Crippen LogP contribution in [0.15, 0.2) is 273 Å². The lowest BCUT2D eigenvalue weighted by atomic mass is 9.79. The normalized spacial score (nSPS) is 11.8. The predicted octanol–water partition coefficient (Wildman–Crippen LogP) is 19.8. The van der Waals surface area contributed by atoms with Crippen molar-refractivity contribution in [3.8, 4) is 111 Å². The first-order valence-electron chi connectivity index (χ1n) is 25.3. The monoisotopic (exact) mass is 923 g/mol. The molecule has 0 amide bonds. The van der Waals surface area contributed by atoms with Crippen LogP contribution in [-0.4, -0.2) is 4.40 Å². The molecule has 0 bridgehead atoms. The van der Waals surface area contributed by atoms with E-state index in [1.54, 1.807) is 0 Å². The first-order valence-corrected chi connectivity index (χ1v) is 25.3. The molecule has 0 unspecified atom stereocenters. The van der Waals surface area contributed by atoms with Crippen LogP contribution in [-0.2, 0) is 0 Å². The number of fused-ring (bicyclic) bond motifs is 15. The number of nitrogens with zero attached hydrogens (tertiary/aromatic N) is 1. The van der Waals surface area contributed by atoms with E-state index in [1.807, 2.05) is 0 Å². The van der Waals surface area contributed by atoms with Crippen molar-refractivity contribution in [2.24, 2.45) is 0 Å². The lowest BCUT2D eigenvalue weighted by molar-refractivity contribution is 1.37. The molecule has 0 aliphatic heterocycles. The summed E-state index contributed by atoms with van der Waals surface area (Å²) in [5.74, 6) is 0. The van der Waals surface area contributed by atoms with Crippen molar-refractivity contribution in [2.75, 3.05) is 0 Å². The largest absolute Gasteiger partial charge is 0.308 e. The van der Waals surface area contributed by atoms with Gasteiger partial charge in [0, 0.05) is 27.1 Å². The van der Waals surface area contributed by atoms with Crippen molar-refractivity contribution in [1.82, 2.24) is 4.40 Å². The number of hydrogen-bond acceptors (Lipinski definition) is 0. The van der Waals surface area contributed by atoms with Gasteiger partial charge in [0.05, 0.1) is 16.6 Å². The molecule has 0 radical (unpaired) electrons. The van der Waals surface area contributed by atoms with E-state index in [1.165, 1.54) is 149 Å². The van der Waals surface area contributed by atoms with Gasteiger partial charge >= 0.3 is 0 Å². The van der Waals surface area contributed by atoms with E-state index in [9.17, 15) is 0 Å². The second-order valence-electron chi connectivity index (χ2n) is 19.6. The first-order chi connectivity index (χ1) is 36.2. The Bertz CT molecular complexity index is 4330. The topological polar surface area (TPSA) is 4.41 Å². The molecule has 0 saturated carbocycles. The van der Waals surface area contributed by atoms with E-state index in [2.05, 4.69) is 277 Å². The molecule has 1 nitrogen and oxygen atoms in total. The van der Waals surface area contributed by atoms with Crippen molar-refractivity contribution >= 4 is 38.1 Å². The van der Waals surface area contributed by atoms with E-state index in [0.717, 1.165) is 0 Å². The highest BCUT2D eigenvalue weighted by Gasteiger charge is 2.29. The van der Waals surface area contributed by atoms with Crippen molar-refractivity contribution in [2.45, 2.75) is 0 Å². The summed E-state index contributed by atoms with van der Waals surface area (Å²) in [4.78, 5) is 0. The molecule has 14 aromatic rings. The molecule has 12 aromatic carbocycles. The maximum atomic E-state index is 2.57. The summed E-state index contributed by atoms with van der Waals surface area (Å²) < 4.78 is 2.57. The minimum atomic E-state index is 1.19. The Labute approximate surface area is 424 Å². The predicted molar refractivity (Wildman–Crippen MR) is 309 cm³/mol. The summed E-state index contributed by atoms with van der Waals surface area (Å²) in [5, 5.41) is 5.03. The number of hydrogen-bond donors (Lipinski definition) is 0. The Morgan fingerprint density at radius 2 is 0.507 bits per heavy atom. The summed E-state index contributed by atoms with van der Waals surface area (Å²) >= 11 is 0. The molecule has 1 aliphatic rings. The Morgan fingerprint density at radius 3 is 0.918 bits per heavy atom. The van der Waals surface area contributed by atoms with Gasteiger partial charge in [-0.15, -0.1) is 0 Å². The first kappa shape index (κ1) is 41.2. The van der Waals surface area contributed by atoms with Crippen LogP contribution >= 0.6 is 0 Å². The molecule has 1 aliphatic carbocycles. The van der Waals surface area contributed by atoms with E-state index in [4.69, 9.17) is 0 Å². The molecule has 0 spiro atoms. The fraction of sp³-hybridized carbons (Fsp3) is 0. The van der Waals surface area contributed by atoms with Crippen molar-refractivity contribution in [1.29, 1.82) is 0 Å². The number of benzene rings is 12. The second kappa shape index (κ2) is 16.5. The zero-order valence-electron chi connectivity index (χ0n) is 39.9. The SMILES string of the molecule is c1ccc(-c2cc(-c3ccccc3)cc(-c3ccc4c(c3)c3cc5c(c6c7cc(-c8cc(-c9ccccc9)cc(-c9ccccc9)c8)ccc7n4c36)-c3ccccc3-c3ccccc3-c3ccccc3-5)c2)cc1. The summed E-state index contributed by atoms with van der Waals surface area (Å²) in [6.45, 7) is 0. The maximum Gasteiger partial charge on any atom is 0.0627 e. The van der Waals surface area contributed by atoms with Gasteiger partial charge in [0.1, 0.15) is 0 Å². The molecular weight excluding hydrogens is 879 g/mol. The van der Waals surface area contributed by atoms with Crippen molar-refractivity contribution in [3.05, 3.63) is 273 Å². The molecule has 0 fully saturated rings. The van der Waals surface area contributed by atoms with E-state index >= 15 is 0 Å². The Balaban J connectivity index is 1.05. The molecule has 1 heteroatoms. The fourth-order valence-electron chi connectivity index (χ4n) is 12.1. The lowest BCUT2D eigenvalue weighted by Gasteiger charge is -2.24. The Kier molecular flexibility index (Phi) is 9.33. The van der Waals surface area contributed by atoms with Crippen molar-refractivity contribution < 1.29 is 0 Å². The van der Waals surface area contributed by atoms with Gasteiger partial charge in [0.2, 0.25) is 0 Å². The number of aromatic nitrogens is 1. The summed E-state index contributed by atoms with van der Waals surface area (Å²) in [6, 6.07) is 101. The molecular formula is C72H45N. The molecule has 0 N–H and O–H groups in total. The van der Waals surface area contributed by atoms with Gasteiger partial charge in [-0.1, -0.05) is 206 Å². The fourth-order valence-corrected chi connectivity index (χ4v) is 12.1. The lowest BCUT2D eigenvalue weighted by Crippen LogP contribution is -1.97. The molecule has 15 rings (SSSR count). The maximum absolute atomic E-state index is 2.57. The molecule has 2 heterocycles. The minimum absolute atomic E-state index is 1.19. The zero-order valence-corrected chi connectivity index (χ0v) is 39.9. The standard InChI is InChI=1S/C72H45N/c1-5-19-46(20-6-1)52-37-53(47-21-7-2-8-22-47)40-56(39-52)50-33-35-68-64(43-50)66-45-65-62-31-16-15-29-60(62)58-27-13-14-28-59(58)61-30-17-18-32-63(61)70(65)71-67-44-51(34-36-69(67)73(68)72(66)71)57-41-54(48-23-9-3-10-24-48)38-55(42-57)49-25-11-4-12-26-49/h1-45H. The van der Waals surface area contributed by atoms with E-state index < -0.39 is 0 Å². The molecule has 2 aromatic heterocycles. The van der Waals surface area contributed by atoms with E-state index in [0.29, 0.717) is 0 Å². The highest BCUT2D eigenvalue weighted by molar-refractivity contribution is 6.31. The average molecular weight is 924 g/mol. The highest BCUT2D eigenvalue weighted by Crippen LogP contribution is 2.54. The quantitative estimate of drug-likeness (QED) is 0.157. The van der Waals surface area contributed by atoms with Gasteiger partial charge < -0.3 is 4.40 Å². The molecule has 0 atom stereocenters. The van der Waals surface area contributed by atoms with Crippen LogP contribution in [0, 0.1) is 0 Å². The smallest absolute Gasteiger partial charge is 0.0627 e. The van der Waals surface area contributed by atoms with Gasteiger partial charge in [-0.3, -0.25) is 0 Å². The third-order valence-corrected chi connectivity index (χ3v) is 15.4. The summed E-state index contributed by atoms with van der Waals surface area (Å²) in [6.07, 6.45) is 0. The summed E-state index contributed by atoms with van der Waals surface area (Å²) in [7, 11) is 0. The van der Waals surface area contributed by atoms with Crippen LogP contribution in [0.4, 0.5) is 0 Å². The average Bonchev–Trinajstić information content (AvgIpc) is 4.01. The Hall–Kier alpha value is -9.56. The second-order valence-corrected chi connectivity index (χ2v) is 19.6. The Morgan fingerprint density at radius 1 is 0.192 bits per heavy atom.